The molecule has 0 saturated carbocycles. The van der Waals surface area contributed by atoms with Crippen LogP contribution >= 0.6 is 0 Å². The maximum Gasteiger partial charge on any atom is 0.231 e. The first kappa shape index (κ1) is 13.7. The summed E-state index contributed by atoms with van der Waals surface area (Å²) in [7, 11) is 0. The highest BCUT2D eigenvalue weighted by Crippen LogP contribution is 2.33. The zero-order valence-electron chi connectivity index (χ0n) is 12.4. The third-order valence-corrected chi connectivity index (χ3v) is 4.30. The van der Waals surface area contributed by atoms with Crippen LogP contribution in [0.1, 0.15) is 25.8 Å². The molecule has 0 spiro atoms. The molecule has 2 aliphatic heterocycles. The smallest absolute Gasteiger partial charge is 0.231 e. The van der Waals surface area contributed by atoms with Gasteiger partial charge in [0.1, 0.15) is 0 Å². The van der Waals surface area contributed by atoms with Crippen molar-refractivity contribution in [3.05, 3.63) is 23.8 Å². The first-order valence-corrected chi connectivity index (χ1v) is 7.60. The second-order valence-electron chi connectivity index (χ2n) is 5.85. The Morgan fingerprint density at radius 2 is 2.15 bits per heavy atom. The van der Waals surface area contributed by atoms with Gasteiger partial charge >= 0.3 is 0 Å². The Morgan fingerprint density at radius 1 is 1.30 bits per heavy atom. The third kappa shape index (κ3) is 2.91. The monoisotopic (exact) mass is 276 g/mol. The zero-order valence-corrected chi connectivity index (χ0v) is 12.4. The molecule has 0 bridgehead atoms. The number of benzene rings is 1. The maximum atomic E-state index is 5.45. The lowest BCUT2D eigenvalue weighted by atomic mass is 9.93. The zero-order chi connectivity index (χ0) is 13.9. The molecule has 1 N–H and O–H groups in total. The fraction of sp³-hybridized carbons (Fsp3) is 0.625. The number of likely N-dealkylation sites (tertiary alicyclic amines) is 1. The summed E-state index contributed by atoms with van der Waals surface area (Å²) in [5, 5.41) is 3.59. The van der Waals surface area contributed by atoms with Crippen molar-refractivity contribution < 1.29 is 9.47 Å². The fourth-order valence-corrected chi connectivity index (χ4v) is 3.24. The number of hydrogen-bond donors (Lipinski definition) is 1. The summed E-state index contributed by atoms with van der Waals surface area (Å²) >= 11 is 0. The van der Waals surface area contributed by atoms with Crippen LogP contribution in [-0.4, -0.2) is 37.4 Å². The molecular formula is C16H24N2O2. The van der Waals surface area contributed by atoms with Crippen molar-refractivity contribution in [1.29, 1.82) is 0 Å². The van der Waals surface area contributed by atoms with Crippen LogP contribution in [-0.2, 0) is 6.54 Å². The van der Waals surface area contributed by atoms with Gasteiger partial charge in [0, 0.05) is 19.1 Å². The Bertz CT molecular complexity index is 464. The van der Waals surface area contributed by atoms with Gasteiger partial charge in [-0.1, -0.05) is 19.9 Å². The predicted octanol–water partition coefficient (Wildman–Crippen LogP) is 2.24. The molecular weight excluding hydrogens is 252 g/mol. The molecule has 2 unspecified atom stereocenters. The van der Waals surface area contributed by atoms with E-state index in [9.17, 15) is 0 Å². The summed E-state index contributed by atoms with van der Waals surface area (Å²) < 4.78 is 10.8. The lowest BCUT2D eigenvalue weighted by Gasteiger charge is -2.37. The van der Waals surface area contributed by atoms with Crippen LogP contribution in [0.25, 0.3) is 0 Å². The highest BCUT2D eigenvalue weighted by molar-refractivity contribution is 5.44. The van der Waals surface area contributed by atoms with Crippen LogP contribution in [0.2, 0.25) is 0 Å². The minimum Gasteiger partial charge on any atom is -0.454 e. The average molecular weight is 276 g/mol. The van der Waals surface area contributed by atoms with Gasteiger partial charge in [0.15, 0.2) is 11.5 Å². The summed E-state index contributed by atoms with van der Waals surface area (Å²) in [5.74, 6) is 2.46. The second kappa shape index (κ2) is 6.02. The van der Waals surface area contributed by atoms with E-state index in [0.29, 0.717) is 18.8 Å². The molecule has 20 heavy (non-hydrogen) atoms. The van der Waals surface area contributed by atoms with Crippen LogP contribution in [0.4, 0.5) is 0 Å². The van der Waals surface area contributed by atoms with Gasteiger partial charge in [-0.25, -0.2) is 0 Å². The van der Waals surface area contributed by atoms with E-state index in [0.717, 1.165) is 37.7 Å². The molecule has 4 nitrogen and oxygen atoms in total. The molecule has 0 amide bonds. The van der Waals surface area contributed by atoms with Gasteiger partial charge in [0.05, 0.1) is 0 Å². The Hall–Kier alpha value is -1.26. The Morgan fingerprint density at radius 3 is 2.95 bits per heavy atom. The average Bonchev–Trinajstić information content (AvgIpc) is 2.89. The van der Waals surface area contributed by atoms with Gasteiger partial charge in [-0.05, 0) is 43.1 Å². The Balaban J connectivity index is 1.59. The van der Waals surface area contributed by atoms with Gasteiger partial charge in [-0.2, -0.15) is 0 Å². The van der Waals surface area contributed by atoms with Crippen molar-refractivity contribution >= 4 is 0 Å². The number of nitrogens with one attached hydrogen (secondary N) is 1. The molecule has 0 aromatic heterocycles. The van der Waals surface area contributed by atoms with Crippen molar-refractivity contribution in [3.63, 3.8) is 0 Å². The van der Waals surface area contributed by atoms with Gasteiger partial charge in [0.2, 0.25) is 6.79 Å². The minimum atomic E-state index is 0.351. The van der Waals surface area contributed by atoms with E-state index < -0.39 is 0 Å². The molecule has 2 atom stereocenters. The summed E-state index contributed by atoms with van der Waals surface area (Å²) in [6.07, 6.45) is 1.24. The van der Waals surface area contributed by atoms with Crippen molar-refractivity contribution in [2.45, 2.75) is 32.9 Å². The molecule has 1 aromatic rings. The molecule has 3 rings (SSSR count). The predicted molar refractivity (Wildman–Crippen MR) is 79.1 cm³/mol. The van der Waals surface area contributed by atoms with Crippen LogP contribution in [0.3, 0.4) is 0 Å². The topological polar surface area (TPSA) is 33.7 Å². The first-order chi connectivity index (χ1) is 9.76. The SMILES string of the molecule is CCNC1CCN(Cc2ccc3c(c2)OCO3)CC1C. The van der Waals surface area contributed by atoms with E-state index in [1.165, 1.54) is 12.0 Å². The van der Waals surface area contributed by atoms with E-state index in [1.807, 2.05) is 6.07 Å². The lowest BCUT2D eigenvalue weighted by Crippen LogP contribution is -2.47. The molecule has 1 saturated heterocycles. The van der Waals surface area contributed by atoms with Crippen molar-refractivity contribution in [3.8, 4) is 11.5 Å². The number of nitrogens with zero attached hydrogens (tertiary/aromatic N) is 1. The summed E-state index contributed by atoms with van der Waals surface area (Å²) in [4.78, 5) is 2.54. The van der Waals surface area contributed by atoms with E-state index >= 15 is 0 Å². The number of hydrogen-bond acceptors (Lipinski definition) is 4. The molecule has 2 aliphatic rings. The maximum absolute atomic E-state index is 5.45. The number of ether oxygens (including phenoxy) is 2. The lowest BCUT2D eigenvalue weighted by molar-refractivity contribution is 0.142. The fourth-order valence-electron chi connectivity index (χ4n) is 3.24. The first-order valence-electron chi connectivity index (χ1n) is 7.60. The Kier molecular flexibility index (Phi) is 4.13. The molecule has 1 aromatic carbocycles. The molecule has 1 fully saturated rings. The molecule has 110 valence electrons. The second-order valence-corrected chi connectivity index (χ2v) is 5.85. The third-order valence-electron chi connectivity index (χ3n) is 4.30. The van der Waals surface area contributed by atoms with Gasteiger partial charge in [-0.3, -0.25) is 4.90 Å². The summed E-state index contributed by atoms with van der Waals surface area (Å²) in [6, 6.07) is 6.96. The van der Waals surface area contributed by atoms with Crippen molar-refractivity contribution in [2.24, 2.45) is 5.92 Å². The summed E-state index contributed by atoms with van der Waals surface area (Å²) in [5.41, 5.74) is 1.31. The molecule has 4 heteroatoms. The van der Waals surface area contributed by atoms with Gasteiger partial charge in [0.25, 0.3) is 0 Å². The van der Waals surface area contributed by atoms with Gasteiger partial charge in [-0.15, -0.1) is 0 Å². The molecule has 0 radical (unpaired) electrons. The van der Waals surface area contributed by atoms with Crippen LogP contribution in [0.5, 0.6) is 11.5 Å². The van der Waals surface area contributed by atoms with E-state index in [1.54, 1.807) is 0 Å². The summed E-state index contributed by atoms with van der Waals surface area (Å²) in [6.45, 7) is 9.27. The van der Waals surface area contributed by atoms with Crippen LogP contribution in [0, 0.1) is 5.92 Å². The van der Waals surface area contributed by atoms with E-state index in [4.69, 9.17) is 9.47 Å². The van der Waals surface area contributed by atoms with Crippen LogP contribution in [0.15, 0.2) is 18.2 Å². The standard InChI is InChI=1S/C16H24N2O2/c1-3-17-14-6-7-18(9-12(14)2)10-13-4-5-15-16(8-13)20-11-19-15/h4-5,8,12,14,17H,3,6-7,9-11H2,1-2H3. The Labute approximate surface area is 121 Å². The number of rotatable bonds is 4. The van der Waals surface area contributed by atoms with E-state index in [2.05, 4.69) is 36.2 Å². The van der Waals surface area contributed by atoms with Crippen LogP contribution < -0.4 is 14.8 Å². The largest absolute Gasteiger partial charge is 0.454 e. The normalized spacial score (nSPS) is 25.9. The van der Waals surface area contributed by atoms with E-state index in [-0.39, 0.29) is 0 Å². The van der Waals surface area contributed by atoms with Crippen molar-refractivity contribution in [1.82, 2.24) is 10.2 Å². The number of piperidine rings is 1. The number of fused-ring (bicyclic) bond motifs is 1. The minimum absolute atomic E-state index is 0.351. The highest BCUT2D eigenvalue weighted by Gasteiger charge is 2.25. The quantitative estimate of drug-likeness (QED) is 0.914. The molecule has 2 heterocycles. The van der Waals surface area contributed by atoms with Crippen molar-refractivity contribution in [2.75, 3.05) is 26.4 Å². The van der Waals surface area contributed by atoms with Gasteiger partial charge < -0.3 is 14.8 Å². The molecule has 0 aliphatic carbocycles. The highest BCUT2D eigenvalue weighted by atomic mass is 16.7.